The summed E-state index contributed by atoms with van der Waals surface area (Å²) in [7, 11) is 0. The molecule has 0 saturated heterocycles. The minimum Gasteiger partial charge on any atom is -0.396 e. The number of aliphatic hydroxyl groups excluding tert-OH is 1. The van der Waals surface area contributed by atoms with Gasteiger partial charge in [-0.05, 0) is 11.6 Å². The Morgan fingerprint density at radius 2 is 2.18 bits per heavy atom. The summed E-state index contributed by atoms with van der Waals surface area (Å²) < 4.78 is 13.1. The maximum atomic E-state index is 13.1. The molecule has 0 fully saturated rings. The SMILES string of the molecule is CC(C)(CO)[C@H](N)c1ccc(F)c([N+](=O)[O-])c1. The molecule has 0 aliphatic rings. The molecule has 5 nitrogen and oxygen atoms in total. The summed E-state index contributed by atoms with van der Waals surface area (Å²) in [6.07, 6.45) is 0. The summed E-state index contributed by atoms with van der Waals surface area (Å²) in [4.78, 5) is 9.80. The summed E-state index contributed by atoms with van der Waals surface area (Å²) in [5.41, 5.74) is 5.09. The van der Waals surface area contributed by atoms with Gasteiger partial charge in [0.2, 0.25) is 5.82 Å². The first-order valence-corrected chi connectivity index (χ1v) is 5.10. The van der Waals surface area contributed by atoms with Gasteiger partial charge in [0, 0.05) is 24.1 Å². The number of hydrogen-bond acceptors (Lipinski definition) is 4. The molecule has 0 bridgehead atoms. The quantitative estimate of drug-likeness (QED) is 0.621. The highest BCUT2D eigenvalue weighted by Crippen LogP contribution is 2.32. The van der Waals surface area contributed by atoms with Crippen LogP contribution in [0.3, 0.4) is 0 Å². The summed E-state index contributed by atoms with van der Waals surface area (Å²) >= 11 is 0. The van der Waals surface area contributed by atoms with Crippen LogP contribution in [0.5, 0.6) is 0 Å². The zero-order valence-corrected chi connectivity index (χ0v) is 9.68. The Balaban J connectivity index is 3.16. The van der Waals surface area contributed by atoms with Gasteiger partial charge in [0.25, 0.3) is 0 Å². The lowest BCUT2D eigenvalue weighted by Crippen LogP contribution is -2.32. The van der Waals surface area contributed by atoms with Crippen molar-refractivity contribution in [1.82, 2.24) is 0 Å². The maximum Gasteiger partial charge on any atom is 0.305 e. The first-order chi connectivity index (χ1) is 7.79. The number of nitro groups is 1. The van der Waals surface area contributed by atoms with Crippen LogP contribution in [0.4, 0.5) is 10.1 Å². The highest BCUT2D eigenvalue weighted by atomic mass is 19.1. The Kier molecular flexibility index (Phi) is 3.79. The van der Waals surface area contributed by atoms with Crippen LogP contribution < -0.4 is 5.73 Å². The maximum absolute atomic E-state index is 13.1. The molecule has 0 aliphatic heterocycles. The Labute approximate surface area is 98.2 Å². The second-order valence-corrected chi connectivity index (χ2v) is 4.59. The molecule has 0 spiro atoms. The molecule has 1 aromatic carbocycles. The van der Waals surface area contributed by atoms with Crippen molar-refractivity contribution in [2.75, 3.05) is 6.61 Å². The Hall–Kier alpha value is -1.53. The molecule has 0 heterocycles. The summed E-state index contributed by atoms with van der Waals surface area (Å²) in [5.74, 6) is -0.896. The molecule has 0 unspecified atom stereocenters. The average molecular weight is 242 g/mol. The van der Waals surface area contributed by atoms with E-state index in [4.69, 9.17) is 5.73 Å². The van der Waals surface area contributed by atoms with Crippen molar-refractivity contribution in [1.29, 1.82) is 0 Å². The molecule has 0 amide bonds. The number of nitrogens with zero attached hydrogens (tertiary/aromatic N) is 1. The molecule has 0 aromatic heterocycles. The van der Waals surface area contributed by atoms with Crippen LogP contribution in [-0.4, -0.2) is 16.6 Å². The van der Waals surface area contributed by atoms with E-state index < -0.39 is 27.9 Å². The van der Waals surface area contributed by atoms with Gasteiger partial charge in [-0.1, -0.05) is 19.9 Å². The van der Waals surface area contributed by atoms with E-state index in [1.807, 2.05) is 0 Å². The number of nitro benzene ring substituents is 1. The van der Waals surface area contributed by atoms with E-state index in [0.717, 1.165) is 12.1 Å². The van der Waals surface area contributed by atoms with Crippen LogP contribution in [0.2, 0.25) is 0 Å². The van der Waals surface area contributed by atoms with Crippen LogP contribution in [-0.2, 0) is 0 Å². The van der Waals surface area contributed by atoms with Crippen molar-refractivity contribution in [2.24, 2.45) is 11.1 Å². The smallest absolute Gasteiger partial charge is 0.305 e. The number of rotatable bonds is 4. The fraction of sp³-hybridized carbons (Fsp3) is 0.455. The second kappa shape index (κ2) is 4.77. The number of halogens is 1. The van der Waals surface area contributed by atoms with Crippen molar-refractivity contribution in [3.63, 3.8) is 0 Å². The van der Waals surface area contributed by atoms with E-state index in [9.17, 15) is 19.6 Å². The van der Waals surface area contributed by atoms with Gasteiger partial charge >= 0.3 is 5.69 Å². The number of hydrogen-bond donors (Lipinski definition) is 2. The molecular formula is C11H15FN2O3. The monoisotopic (exact) mass is 242 g/mol. The minimum atomic E-state index is -0.896. The summed E-state index contributed by atoms with van der Waals surface area (Å²) in [5, 5.41) is 19.8. The van der Waals surface area contributed by atoms with Crippen molar-refractivity contribution in [3.05, 3.63) is 39.7 Å². The van der Waals surface area contributed by atoms with E-state index in [2.05, 4.69) is 0 Å². The first kappa shape index (κ1) is 13.5. The molecule has 1 rings (SSSR count). The average Bonchev–Trinajstić information content (AvgIpc) is 2.28. The van der Waals surface area contributed by atoms with E-state index >= 15 is 0 Å². The van der Waals surface area contributed by atoms with Crippen molar-refractivity contribution in [3.8, 4) is 0 Å². The minimum absolute atomic E-state index is 0.167. The van der Waals surface area contributed by atoms with Gasteiger partial charge in [0.15, 0.2) is 0 Å². The third-order valence-electron chi connectivity index (χ3n) is 2.78. The van der Waals surface area contributed by atoms with Crippen LogP contribution in [0, 0.1) is 21.3 Å². The van der Waals surface area contributed by atoms with E-state index in [0.29, 0.717) is 5.56 Å². The second-order valence-electron chi connectivity index (χ2n) is 4.59. The Bertz CT molecular complexity index is 435. The van der Waals surface area contributed by atoms with Gasteiger partial charge in [0.1, 0.15) is 0 Å². The topological polar surface area (TPSA) is 89.4 Å². The zero-order chi connectivity index (χ0) is 13.2. The molecule has 6 heteroatoms. The van der Waals surface area contributed by atoms with Crippen molar-refractivity contribution < 1.29 is 14.4 Å². The fourth-order valence-electron chi connectivity index (χ4n) is 1.41. The molecule has 0 radical (unpaired) electrons. The van der Waals surface area contributed by atoms with Gasteiger partial charge < -0.3 is 10.8 Å². The van der Waals surface area contributed by atoms with Crippen molar-refractivity contribution >= 4 is 5.69 Å². The van der Waals surface area contributed by atoms with Crippen LogP contribution in [0.15, 0.2) is 18.2 Å². The van der Waals surface area contributed by atoms with Crippen LogP contribution >= 0.6 is 0 Å². The van der Waals surface area contributed by atoms with Crippen LogP contribution in [0.25, 0.3) is 0 Å². The highest BCUT2D eigenvalue weighted by Gasteiger charge is 2.28. The predicted molar refractivity (Wildman–Crippen MR) is 60.8 cm³/mol. The van der Waals surface area contributed by atoms with Gasteiger partial charge in [-0.25, -0.2) is 0 Å². The Morgan fingerprint density at radius 1 is 1.59 bits per heavy atom. The largest absolute Gasteiger partial charge is 0.396 e. The molecule has 1 atom stereocenters. The van der Waals surface area contributed by atoms with Gasteiger partial charge in [-0.15, -0.1) is 0 Å². The van der Waals surface area contributed by atoms with Crippen LogP contribution in [0.1, 0.15) is 25.5 Å². The summed E-state index contributed by atoms with van der Waals surface area (Å²) in [6.45, 7) is 3.29. The third kappa shape index (κ3) is 2.78. The molecule has 0 aliphatic carbocycles. The lowest BCUT2D eigenvalue weighted by atomic mass is 9.82. The first-order valence-electron chi connectivity index (χ1n) is 5.10. The number of aliphatic hydroxyl groups is 1. The Morgan fingerprint density at radius 3 is 2.65 bits per heavy atom. The van der Waals surface area contributed by atoms with E-state index in [-0.39, 0.29) is 6.61 Å². The van der Waals surface area contributed by atoms with Gasteiger partial charge in [-0.3, -0.25) is 10.1 Å². The third-order valence-corrected chi connectivity index (χ3v) is 2.78. The molecule has 94 valence electrons. The lowest BCUT2D eigenvalue weighted by molar-refractivity contribution is -0.387. The number of nitrogens with two attached hydrogens (primary N) is 1. The predicted octanol–water partition coefficient (Wildman–Crippen LogP) is 1.75. The zero-order valence-electron chi connectivity index (χ0n) is 9.68. The van der Waals surface area contributed by atoms with E-state index in [1.54, 1.807) is 13.8 Å². The van der Waals surface area contributed by atoms with Gasteiger partial charge in [-0.2, -0.15) is 4.39 Å². The molecular weight excluding hydrogens is 227 g/mol. The highest BCUT2D eigenvalue weighted by molar-refractivity contribution is 5.38. The lowest BCUT2D eigenvalue weighted by Gasteiger charge is -2.29. The fourth-order valence-corrected chi connectivity index (χ4v) is 1.41. The van der Waals surface area contributed by atoms with Gasteiger partial charge in [0.05, 0.1) is 4.92 Å². The normalized spacial score (nSPS) is 13.5. The van der Waals surface area contributed by atoms with E-state index in [1.165, 1.54) is 6.07 Å². The standard InChI is InChI=1S/C11H15FN2O3/c1-11(2,6-15)10(13)7-3-4-8(12)9(5-7)14(16)17/h3-5,10,15H,6,13H2,1-2H3/t10-/m1/s1. The number of benzene rings is 1. The summed E-state index contributed by atoms with van der Waals surface area (Å²) in [6, 6.07) is 2.91. The molecule has 3 N–H and O–H groups in total. The molecule has 17 heavy (non-hydrogen) atoms. The molecule has 1 aromatic rings. The van der Waals surface area contributed by atoms with Crippen molar-refractivity contribution in [2.45, 2.75) is 19.9 Å². The molecule has 0 saturated carbocycles.